The normalized spacial score (nSPS) is 11.0. The van der Waals surface area contributed by atoms with E-state index in [4.69, 9.17) is 23.8 Å². The van der Waals surface area contributed by atoms with Crippen molar-refractivity contribution >= 4 is 40.6 Å². The molecule has 26 heavy (non-hydrogen) atoms. The number of halogens is 1. The van der Waals surface area contributed by atoms with Gasteiger partial charge in [0.05, 0.1) is 6.20 Å². The van der Waals surface area contributed by atoms with E-state index in [2.05, 4.69) is 10.4 Å². The first-order valence-electron chi connectivity index (χ1n) is 7.71. The van der Waals surface area contributed by atoms with Crippen LogP contribution in [0.1, 0.15) is 10.5 Å². The quantitative estimate of drug-likeness (QED) is 0.463. The van der Waals surface area contributed by atoms with Gasteiger partial charge in [-0.25, -0.2) is 0 Å². The number of aromatic amines is 1. The summed E-state index contributed by atoms with van der Waals surface area (Å²) in [6, 6.07) is 16.3. The highest BCUT2D eigenvalue weighted by atomic mass is 35.5. The van der Waals surface area contributed by atoms with Gasteiger partial charge in [0.1, 0.15) is 5.69 Å². The van der Waals surface area contributed by atoms with Crippen LogP contribution in [0.5, 0.6) is 5.88 Å². The minimum Gasteiger partial charge on any atom is -0.492 e. The first-order chi connectivity index (χ1) is 12.5. The Balaban J connectivity index is 1.67. The summed E-state index contributed by atoms with van der Waals surface area (Å²) in [5.74, 6) is -0.610. The molecule has 0 atom stereocenters. The number of H-pyrrole nitrogens is 1. The molecule has 6 nitrogen and oxygen atoms in total. The highest BCUT2D eigenvalue weighted by molar-refractivity contribution is 7.71. The maximum Gasteiger partial charge on any atom is 0.286 e. The topological polar surface area (TPSA) is 75.0 Å². The molecule has 2 aromatic carbocycles. The lowest BCUT2D eigenvalue weighted by atomic mass is 10.2. The molecule has 3 N–H and O–H groups in total. The van der Waals surface area contributed by atoms with E-state index in [1.54, 1.807) is 28.8 Å². The van der Waals surface area contributed by atoms with Crippen molar-refractivity contribution in [1.29, 1.82) is 0 Å². The first-order valence-corrected chi connectivity index (χ1v) is 8.50. The number of nitrogens with one attached hydrogen (secondary N) is 2. The Kier molecular flexibility index (Phi) is 4.02. The molecule has 0 unspecified atom stereocenters. The molecule has 2 aromatic heterocycles. The lowest BCUT2D eigenvalue weighted by Gasteiger charge is -2.06. The summed E-state index contributed by atoms with van der Waals surface area (Å²) in [6.45, 7) is 0. The van der Waals surface area contributed by atoms with Crippen molar-refractivity contribution in [3.05, 3.63) is 76.3 Å². The van der Waals surface area contributed by atoms with Crippen molar-refractivity contribution in [2.24, 2.45) is 0 Å². The summed E-state index contributed by atoms with van der Waals surface area (Å²) in [4.78, 5) is 15.6. The Labute approximate surface area is 158 Å². The second-order valence-electron chi connectivity index (χ2n) is 5.67. The lowest BCUT2D eigenvalue weighted by molar-refractivity contribution is 0.100. The molecule has 0 saturated heterocycles. The van der Waals surface area contributed by atoms with E-state index in [1.165, 1.54) is 6.20 Å². The molecule has 0 aliphatic rings. The predicted molar refractivity (Wildman–Crippen MR) is 103 cm³/mol. The Hall–Kier alpha value is -3.03. The van der Waals surface area contributed by atoms with Gasteiger partial charge in [-0.05, 0) is 48.6 Å². The predicted octanol–water partition coefficient (Wildman–Crippen LogP) is 4.23. The Morgan fingerprint density at radius 1 is 1.15 bits per heavy atom. The zero-order valence-electron chi connectivity index (χ0n) is 13.3. The van der Waals surface area contributed by atoms with Crippen LogP contribution >= 0.6 is 23.8 Å². The van der Waals surface area contributed by atoms with Gasteiger partial charge in [-0.2, -0.15) is 4.68 Å². The maximum absolute atomic E-state index is 12.6. The number of aromatic hydroxyl groups is 1. The van der Waals surface area contributed by atoms with E-state index >= 15 is 0 Å². The fraction of sp³-hybridized carbons (Fsp3) is 0. The molecule has 0 saturated carbocycles. The minimum absolute atomic E-state index is 0.175. The maximum atomic E-state index is 12.6. The smallest absolute Gasteiger partial charge is 0.286 e. The summed E-state index contributed by atoms with van der Waals surface area (Å²) in [5, 5.41) is 11.6. The van der Waals surface area contributed by atoms with Crippen molar-refractivity contribution < 1.29 is 9.90 Å². The van der Waals surface area contributed by atoms with Gasteiger partial charge in [0, 0.05) is 21.6 Å². The van der Waals surface area contributed by atoms with Crippen molar-refractivity contribution in [3.63, 3.8) is 0 Å². The molecule has 2 heterocycles. The second kappa shape index (κ2) is 6.36. The third kappa shape index (κ3) is 2.87. The van der Waals surface area contributed by atoms with E-state index in [1.807, 2.05) is 30.3 Å². The van der Waals surface area contributed by atoms with Crippen LogP contribution in [-0.2, 0) is 0 Å². The SMILES string of the molecule is O=C(Nn1c(O)cn(-c2ccccc2)c1=S)c1cc2cc(Cl)ccc2[nH]1. The summed E-state index contributed by atoms with van der Waals surface area (Å²) >= 11 is 11.3. The fourth-order valence-electron chi connectivity index (χ4n) is 2.70. The number of fused-ring (bicyclic) bond motifs is 1. The van der Waals surface area contributed by atoms with Gasteiger partial charge in [-0.1, -0.05) is 29.8 Å². The first kappa shape index (κ1) is 16.4. The zero-order valence-corrected chi connectivity index (χ0v) is 14.9. The Morgan fingerprint density at radius 2 is 1.92 bits per heavy atom. The largest absolute Gasteiger partial charge is 0.492 e. The molecule has 0 aliphatic carbocycles. The zero-order chi connectivity index (χ0) is 18.3. The van der Waals surface area contributed by atoms with Crippen LogP contribution < -0.4 is 5.43 Å². The number of rotatable bonds is 3. The number of aromatic nitrogens is 3. The molecule has 1 amide bonds. The molecule has 8 heteroatoms. The number of carbonyl (C=O) groups is 1. The third-order valence-corrected chi connectivity index (χ3v) is 4.56. The van der Waals surface area contributed by atoms with Crippen molar-refractivity contribution in [2.75, 3.05) is 5.43 Å². The van der Waals surface area contributed by atoms with Crippen molar-refractivity contribution in [3.8, 4) is 11.6 Å². The van der Waals surface area contributed by atoms with Crippen LogP contribution in [0.4, 0.5) is 0 Å². The molecule has 0 bridgehead atoms. The van der Waals surface area contributed by atoms with Crippen LogP contribution in [0.3, 0.4) is 0 Å². The third-order valence-electron chi connectivity index (χ3n) is 3.95. The molecule has 4 aromatic rings. The molecule has 130 valence electrons. The lowest BCUT2D eigenvalue weighted by Crippen LogP contribution is -2.23. The number of para-hydroxylation sites is 1. The number of amides is 1. The molecule has 0 spiro atoms. The van der Waals surface area contributed by atoms with Crippen LogP contribution in [0.2, 0.25) is 5.02 Å². The van der Waals surface area contributed by atoms with E-state index in [-0.39, 0.29) is 10.7 Å². The number of benzene rings is 2. The van der Waals surface area contributed by atoms with Gasteiger partial charge in [0.2, 0.25) is 10.7 Å². The van der Waals surface area contributed by atoms with Gasteiger partial charge >= 0.3 is 0 Å². The number of hydrogen-bond acceptors (Lipinski definition) is 3. The molecule has 4 rings (SSSR count). The number of imidazole rings is 1. The van der Waals surface area contributed by atoms with Crippen molar-refractivity contribution in [2.45, 2.75) is 0 Å². The molecular formula is C18H13ClN4O2S. The van der Waals surface area contributed by atoms with Gasteiger partial charge in [-0.3, -0.25) is 14.8 Å². The highest BCUT2D eigenvalue weighted by Crippen LogP contribution is 2.21. The van der Waals surface area contributed by atoms with Crippen molar-refractivity contribution in [1.82, 2.24) is 14.2 Å². The molecule has 0 radical (unpaired) electrons. The number of carbonyl (C=O) groups excluding carboxylic acids is 1. The van der Waals surface area contributed by atoms with Crippen LogP contribution in [0.15, 0.2) is 60.8 Å². The van der Waals surface area contributed by atoms with Gasteiger partial charge < -0.3 is 10.1 Å². The number of hydrogen-bond donors (Lipinski definition) is 3. The van der Waals surface area contributed by atoms with E-state index < -0.39 is 5.91 Å². The van der Waals surface area contributed by atoms with E-state index in [0.717, 1.165) is 21.3 Å². The Morgan fingerprint density at radius 3 is 2.69 bits per heavy atom. The minimum atomic E-state index is -0.436. The van der Waals surface area contributed by atoms with Crippen LogP contribution in [0.25, 0.3) is 16.6 Å². The average Bonchev–Trinajstić information content (AvgIpc) is 3.18. The standard InChI is InChI=1S/C18H13ClN4O2S/c19-12-6-7-14-11(8-12)9-15(20-14)17(25)21-23-16(24)10-22(18(23)26)13-4-2-1-3-5-13/h1-10,20,24H,(H,21,25). The summed E-state index contributed by atoms with van der Waals surface area (Å²) in [5.41, 5.74) is 4.49. The van der Waals surface area contributed by atoms with Crippen LogP contribution in [0, 0.1) is 4.77 Å². The molecule has 0 fully saturated rings. The molecule has 0 aliphatic heterocycles. The molecular weight excluding hydrogens is 372 g/mol. The van der Waals surface area contributed by atoms with Gasteiger partial charge in [0.15, 0.2) is 0 Å². The Bertz CT molecular complexity index is 1180. The van der Waals surface area contributed by atoms with Gasteiger partial charge in [0.25, 0.3) is 5.91 Å². The summed E-state index contributed by atoms with van der Waals surface area (Å²) in [7, 11) is 0. The van der Waals surface area contributed by atoms with Gasteiger partial charge in [-0.15, -0.1) is 0 Å². The second-order valence-corrected chi connectivity index (χ2v) is 6.47. The average molecular weight is 385 g/mol. The fourth-order valence-corrected chi connectivity index (χ4v) is 3.18. The van der Waals surface area contributed by atoms with Crippen LogP contribution in [-0.4, -0.2) is 25.2 Å². The summed E-state index contributed by atoms with van der Waals surface area (Å²) in [6.07, 6.45) is 1.45. The number of nitrogens with zero attached hydrogens (tertiary/aromatic N) is 2. The monoisotopic (exact) mass is 384 g/mol. The summed E-state index contributed by atoms with van der Waals surface area (Å²) < 4.78 is 3.00. The van der Waals surface area contributed by atoms with E-state index in [0.29, 0.717) is 10.7 Å². The van der Waals surface area contributed by atoms with E-state index in [9.17, 15) is 9.90 Å². The highest BCUT2D eigenvalue weighted by Gasteiger charge is 2.15.